The molecule has 1 aliphatic heterocycles. The van der Waals surface area contributed by atoms with Gasteiger partial charge in [0.1, 0.15) is 17.1 Å². The van der Waals surface area contributed by atoms with E-state index < -0.39 is 12.1 Å². The highest BCUT2D eigenvalue weighted by atomic mass is 16.5. The Morgan fingerprint density at radius 1 is 1.15 bits per heavy atom. The number of phenolic OH excluding ortho intramolecular Hbond substituents is 1. The SMILES string of the molecule is COc1ccc(C(=O)O[C@@H](C)C(=O)N2CCc3ccccc3C2)c(O)c1. The summed E-state index contributed by atoms with van der Waals surface area (Å²) in [5, 5.41) is 9.93. The predicted molar refractivity (Wildman–Crippen MR) is 95.1 cm³/mol. The first kappa shape index (κ1) is 17.8. The molecule has 0 saturated heterocycles. The van der Waals surface area contributed by atoms with Crippen LogP contribution in [0.5, 0.6) is 11.5 Å². The number of nitrogens with zero attached hydrogens (tertiary/aromatic N) is 1. The van der Waals surface area contributed by atoms with Crippen molar-refractivity contribution in [3.8, 4) is 11.5 Å². The fourth-order valence-electron chi connectivity index (χ4n) is 3.03. The Hall–Kier alpha value is -3.02. The van der Waals surface area contributed by atoms with E-state index in [1.54, 1.807) is 17.9 Å². The smallest absolute Gasteiger partial charge is 0.342 e. The minimum atomic E-state index is -0.936. The lowest BCUT2D eigenvalue weighted by atomic mass is 9.99. The van der Waals surface area contributed by atoms with Gasteiger partial charge in [0.15, 0.2) is 6.10 Å². The van der Waals surface area contributed by atoms with Gasteiger partial charge in [0.2, 0.25) is 0 Å². The second-order valence-corrected chi connectivity index (χ2v) is 6.21. The Morgan fingerprint density at radius 2 is 1.88 bits per heavy atom. The van der Waals surface area contributed by atoms with E-state index in [1.165, 1.54) is 24.8 Å². The van der Waals surface area contributed by atoms with Crippen LogP contribution < -0.4 is 4.74 Å². The quantitative estimate of drug-likeness (QED) is 0.853. The number of hydrogen-bond donors (Lipinski definition) is 1. The van der Waals surface area contributed by atoms with Crippen molar-refractivity contribution >= 4 is 11.9 Å². The summed E-state index contributed by atoms with van der Waals surface area (Å²) in [4.78, 5) is 26.6. The lowest BCUT2D eigenvalue weighted by Gasteiger charge is -2.30. The maximum atomic E-state index is 12.6. The Balaban J connectivity index is 1.65. The molecule has 0 bridgehead atoms. The fourth-order valence-corrected chi connectivity index (χ4v) is 3.03. The van der Waals surface area contributed by atoms with Crippen molar-refractivity contribution < 1.29 is 24.2 Å². The molecule has 1 N–H and O–H groups in total. The molecule has 1 amide bonds. The van der Waals surface area contributed by atoms with Gasteiger partial charge in [0.05, 0.1) is 7.11 Å². The van der Waals surface area contributed by atoms with E-state index >= 15 is 0 Å². The van der Waals surface area contributed by atoms with Crippen LogP contribution in [-0.4, -0.2) is 41.6 Å². The number of ether oxygens (including phenoxy) is 2. The third-order valence-electron chi connectivity index (χ3n) is 4.50. The Kier molecular flexibility index (Phi) is 5.11. The zero-order valence-electron chi connectivity index (χ0n) is 14.8. The van der Waals surface area contributed by atoms with Crippen molar-refractivity contribution in [1.29, 1.82) is 0 Å². The lowest BCUT2D eigenvalue weighted by molar-refractivity contribution is -0.140. The minimum Gasteiger partial charge on any atom is -0.507 e. The number of esters is 1. The van der Waals surface area contributed by atoms with Gasteiger partial charge in [-0.05, 0) is 36.6 Å². The number of hydrogen-bond acceptors (Lipinski definition) is 5. The topological polar surface area (TPSA) is 76.1 Å². The first-order valence-electron chi connectivity index (χ1n) is 8.43. The van der Waals surface area contributed by atoms with Crippen LogP contribution >= 0.6 is 0 Å². The third kappa shape index (κ3) is 3.64. The zero-order chi connectivity index (χ0) is 18.7. The number of carbonyl (C=O) groups excluding carboxylic acids is 2. The molecule has 0 aromatic heterocycles. The molecule has 6 nitrogen and oxygen atoms in total. The van der Waals surface area contributed by atoms with Crippen LogP contribution in [0.15, 0.2) is 42.5 Å². The summed E-state index contributed by atoms with van der Waals surface area (Å²) in [7, 11) is 1.46. The number of phenols is 1. The van der Waals surface area contributed by atoms with Gasteiger partial charge in [-0.3, -0.25) is 4.79 Å². The first-order valence-corrected chi connectivity index (χ1v) is 8.43. The monoisotopic (exact) mass is 355 g/mol. The van der Waals surface area contributed by atoms with Crippen LogP contribution in [0.4, 0.5) is 0 Å². The molecule has 136 valence electrons. The van der Waals surface area contributed by atoms with Crippen molar-refractivity contribution in [3.63, 3.8) is 0 Å². The average molecular weight is 355 g/mol. The second-order valence-electron chi connectivity index (χ2n) is 6.21. The van der Waals surface area contributed by atoms with Crippen molar-refractivity contribution in [1.82, 2.24) is 4.90 Å². The molecule has 0 spiro atoms. The van der Waals surface area contributed by atoms with Crippen molar-refractivity contribution in [3.05, 3.63) is 59.2 Å². The summed E-state index contributed by atoms with van der Waals surface area (Å²) in [6.45, 7) is 2.64. The van der Waals surface area contributed by atoms with Gasteiger partial charge in [0.25, 0.3) is 5.91 Å². The van der Waals surface area contributed by atoms with E-state index in [0.717, 1.165) is 12.0 Å². The zero-order valence-corrected chi connectivity index (χ0v) is 14.8. The van der Waals surface area contributed by atoms with E-state index in [2.05, 4.69) is 6.07 Å². The molecule has 3 rings (SSSR count). The largest absolute Gasteiger partial charge is 0.507 e. The number of fused-ring (bicyclic) bond motifs is 1. The molecule has 0 unspecified atom stereocenters. The summed E-state index contributed by atoms with van der Waals surface area (Å²) >= 11 is 0. The van der Waals surface area contributed by atoms with Gasteiger partial charge in [-0.15, -0.1) is 0 Å². The highest BCUT2D eigenvalue weighted by Crippen LogP contribution is 2.25. The second kappa shape index (κ2) is 7.47. The van der Waals surface area contributed by atoms with Gasteiger partial charge < -0.3 is 19.5 Å². The summed E-state index contributed by atoms with van der Waals surface area (Å²) in [5.74, 6) is -0.819. The maximum Gasteiger partial charge on any atom is 0.342 e. The Bertz CT molecular complexity index is 833. The Labute approximate surface area is 152 Å². The number of aromatic hydroxyl groups is 1. The van der Waals surface area contributed by atoms with Crippen molar-refractivity contribution in [2.75, 3.05) is 13.7 Å². The molecule has 26 heavy (non-hydrogen) atoms. The number of carbonyl (C=O) groups is 2. The highest BCUT2D eigenvalue weighted by molar-refractivity contribution is 5.94. The standard InChI is InChI=1S/C20H21NO5/c1-13(26-20(24)17-8-7-16(25-2)11-18(17)22)19(23)21-10-9-14-5-3-4-6-15(14)12-21/h3-8,11,13,22H,9-10,12H2,1-2H3/t13-/m0/s1. The van der Waals surface area contributed by atoms with Crippen LogP contribution in [0.1, 0.15) is 28.4 Å². The summed E-state index contributed by atoms with van der Waals surface area (Å²) < 4.78 is 10.2. The molecule has 6 heteroatoms. The van der Waals surface area contributed by atoms with Gasteiger partial charge >= 0.3 is 5.97 Å². The number of benzene rings is 2. The lowest BCUT2D eigenvalue weighted by Crippen LogP contribution is -2.42. The molecular weight excluding hydrogens is 334 g/mol. The van der Waals surface area contributed by atoms with Gasteiger partial charge in [-0.25, -0.2) is 4.79 Å². The van der Waals surface area contributed by atoms with Crippen LogP contribution in [0.3, 0.4) is 0 Å². The minimum absolute atomic E-state index is 0.00515. The van der Waals surface area contributed by atoms with Gasteiger partial charge in [-0.1, -0.05) is 24.3 Å². The molecule has 1 aliphatic rings. The van der Waals surface area contributed by atoms with Crippen LogP contribution in [0, 0.1) is 0 Å². The van der Waals surface area contributed by atoms with Crippen molar-refractivity contribution in [2.45, 2.75) is 26.0 Å². The maximum absolute atomic E-state index is 12.6. The van der Waals surface area contributed by atoms with E-state index in [1.807, 2.05) is 18.2 Å². The fraction of sp³-hybridized carbons (Fsp3) is 0.300. The van der Waals surface area contributed by atoms with E-state index in [4.69, 9.17) is 9.47 Å². The predicted octanol–water partition coefficient (Wildman–Crippen LogP) is 2.53. The molecule has 0 aliphatic carbocycles. The summed E-state index contributed by atoms with van der Waals surface area (Å²) in [6.07, 6.45) is -0.156. The van der Waals surface area contributed by atoms with E-state index in [-0.39, 0.29) is 17.2 Å². The van der Waals surface area contributed by atoms with Gasteiger partial charge in [0, 0.05) is 19.2 Å². The van der Waals surface area contributed by atoms with Crippen LogP contribution in [0.25, 0.3) is 0 Å². The van der Waals surface area contributed by atoms with E-state index in [0.29, 0.717) is 18.8 Å². The molecule has 1 heterocycles. The molecular formula is C20H21NO5. The molecule has 0 radical (unpaired) electrons. The Morgan fingerprint density at radius 3 is 2.58 bits per heavy atom. The molecule has 0 saturated carbocycles. The molecule has 2 aromatic carbocycles. The molecule has 1 atom stereocenters. The summed E-state index contributed by atoms with van der Waals surface area (Å²) in [5.41, 5.74) is 2.34. The number of rotatable bonds is 4. The van der Waals surface area contributed by atoms with Gasteiger partial charge in [-0.2, -0.15) is 0 Å². The highest BCUT2D eigenvalue weighted by Gasteiger charge is 2.27. The third-order valence-corrected chi connectivity index (χ3v) is 4.50. The molecule has 2 aromatic rings. The van der Waals surface area contributed by atoms with Crippen LogP contribution in [-0.2, 0) is 22.5 Å². The first-order chi connectivity index (χ1) is 12.5. The van der Waals surface area contributed by atoms with E-state index in [9.17, 15) is 14.7 Å². The number of amides is 1. The molecule has 0 fully saturated rings. The van der Waals surface area contributed by atoms with Crippen molar-refractivity contribution in [2.24, 2.45) is 0 Å². The summed E-state index contributed by atoms with van der Waals surface area (Å²) in [6, 6.07) is 12.3. The normalized spacial score (nSPS) is 14.3. The van der Waals surface area contributed by atoms with Crippen LogP contribution in [0.2, 0.25) is 0 Å². The number of methoxy groups -OCH3 is 1. The average Bonchev–Trinajstić information content (AvgIpc) is 2.66.